The minimum atomic E-state index is -0.524. The fraction of sp³-hybridized carbons (Fsp3) is 0.0769. The van der Waals surface area contributed by atoms with Gasteiger partial charge in [-0.1, -0.05) is 6.07 Å². The highest BCUT2D eigenvalue weighted by atomic mass is 16.6. The molecule has 23 heavy (non-hydrogen) atoms. The number of non-ortho nitro benzene ring substituents is 1. The van der Waals surface area contributed by atoms with Gasteiger partial charge in [-0.25, -0.2) is 4.52 Å². The van der Waals surface area contributed by atoms with E-state index in [0.29, 0.717) is 11.3 Å². The maximum atomic E-state index is 11.6. The third-order valence-corrected chi connectivity index (χ3v) is 3.11. The number of aryl methyl sites for hydroxylation is 1. The zero-order chi connectivity index (χ0) is 16.6. The van der Waals surface area contributed by atoms with Crippen molar-refractivity contribution in [2.75, 3.05) is 5.73 Å². The average molecular weight is 313 g/mol. The summed E-state index contributed by atoms with van der Waals surface area (Å²) in [7, 11) is 0. The molecule has 10 nitrogen and oxygen atoms in total. The number of anilines is 1. The third-order valence-electron chi connectivity index (χ3n) is 3.11. The van der Waals surface area contributed by atoms with E-state index in [1.807, 2.05) is 0 Å². The highest BCUT2D eigenvalue weighted by Gasteiger charge is 2.13. The van der Waals surface area contributed by atoms with Crippen LogP contribution in [-0.2, 0) is 0 Å². The monoisotopic (exact) mass is 313 g/mol. The molecule has 3 rings (SSSR count). The van der Waals surface area contributed by atoms with E-state index < -0.39 is 4.92 Å². The molecule has 3 aromatic rings. The predicted molar refractivity (Wildman–Crippen MR) is 82.2 cm³/mol. The number of H-pyrrole nitrogens is 1. The van der Waals surface area contributed by atoms with E-state index in [-0.39, 0.29) is 28.4 Å². The van der Waals surface area contributed by atoms with Gasteiger partial charge in [0.05, 0.1) is 10.6 Å². The first-order valence-corrected chi connectivity index (χ1v) is 6.50. The Morgan fingerprint density at radius 3 is 2.87 bits per heavy atom. The Kier molecular flexibility index (Phi) is 3.33. The zero-order valence-corrected chi connectivity index (χ0v) is 11.9. The lowest BCUT2D eigenvalue weighted by molar-refractivity contribution is -0.384. The second-order valence-corrected chi connectivity index (χ2v) is 4.75. The van der Waals surface area contributed by atoms with Crippen LogP contribution >= 0.6 is 0 Å². The van der Waals surface area contributed by atoms with Crippen LogP contribution in [0.4, 0.5) is 22.9 Å². The van der Waals surface area contributed by atoms with Crippen molar-refractivity contribution in [2.24, 2.45) is 10.2 Å². The van der Waals surface area contributed by atoms with Crippen LogP contribution in [-0.4, -0.2) is 19.5 Å². The number of rotatable bonds is 3. The van der Waals surface area contributed by atoms with Gasteiger partial charge in [-0.2, -0.15) is 5.11 Å². The van der Waals surface area contributed by atoms with Gasteiger partial charge in [0, 0.05) is 23.9 Å². The molecule has 3 N–H and O–H groups in total. The summed E-state index contributed by atoms with van der Waals surface area (Å²) in [4.78, 5) is 24.4. The van der Waals surface area contributed by atoms with Gasteiger partial charge in [-0.05, 0) is 13.0 Å². The molecule has 0 bridgehead atoms. The Labute approximate surface area is 128 Å². The first kappa shape index (κ1) is 14.4. The Hall–Kier alpha value is -3.56. The van der Waals surface area contributed by atoms with E-state index in [2.05, 4.69) is 20.3 Å². The fourth-order valence-electron chi connectivity index (χ4n) is 2.07. The molecule has 0 aliphatic heterocycles. The summed E-state index contributed by atoms with van der Waals surface area (Å²) < 4.78 is 1.44. The summed E-state index contributed by atoms with van der Waals surface area (Å²) in [6.45, 7) is 1.70. The van der Waals surface area contributed by atoms with Crippen molar-refractivity contribution in [1.82, 2.24) is 14.6 Å². The lowest BCUT2D eigenvalue weighted by Gasteiger charge is -1.97. The molecular weight excluding hydrogens is 302 g/mol. The first-order valence-electron chi connectivity index (χ1n) is 6.50. The standard InChI is InChI=1S/C13H11N7O3/c1-7-5-10(21)15-13-11(12(14)18-19(7)13)17-16-8-3-2-4-9(6-8)20(22)23/h2-6H,1H3,(H2,14,18)(H,15,21). The van der Waals surface area contributed by atoms with Crippen molar-refractivity contribution in [3.8, 4) is 0 Å². The van der Waals surface area contributed by atoms with Crippen LogP contribution in [0.15, 0.2) is 45.4 Å². The van der Waals surface area contributed by atoms with Gasteiger partial charge in [0.1, 0.15) is 0 Å². The van der Waals surface area contributed by atoms with Crippen LogP contribution < -0.4 is 11.3 Å². The highest BCUT2D eigenvalue weighted by molar-refractivity contribution is 5.75. The number of nitro benzene ring substituents is 1. The molecule has 0 saturated carbocycles. The number of nitro groups is 1. The number of benzene rings is 1. The quantitative estimate of drug-likeness (QED) is 0.432. The normalized spacial score (nSPS) is 11.3. The summed E-state index contributed by atoms with van der Waals surface area (Å²) in [6.07, 6.45) is 0. The molecule has 2 aromatic heterocycles. The van der Waals surface area contributed by atoms with Crippen LogP contribution in [0.5, 0.6) is 0 Å². The third kappa shape index (κ3) is 2.64. The number of aromatic nitrogens is 3. The van der Waals surface area contributed by atoms with Crippen molar-refractivity contribution in [3.05, 3.63) is 56.5 Å². The lowest BCUT2D eigenvalue weighted by Crippen LogP contribution is -2.09. The molecule has 0 unspecified atom stereocenters. The number of nitrogen functional groups attached to an aromatic ring is 1. The van der Waals surface area contributed by atoms with Gasteiger partial charge < -0.3 is 10.7 Å². The minimum absolute atomic E-state index is 0.0872. The molecule has 0 atom stereocenters. The number of nitrogens with two attached hydrogens (primary N) is 1. The van der Waals surface area contributed by atoms with Gasteiger partial charge >= 0.3 is 0 Å². The smallest absolute Gasteiger partial charge is 0.271 e. The number of aromatic amines is 1. The number of hydrogen-bond donors (Lipinski definition) is 2. The van der Waals surface area contributed by atoms with Crippen molar-refractivity contribution in [2.45, 2.75) is 6.92 Å². The van der Waals surface area contributed by atoms with Crippen molar-refractivity contribution in [3.63, 3.8) is 0 Å². The molecular formula is C13H11N7O3. The number of fused-ring (bicyclic) bond motifs is 1. The Bertz CT molecular complexity index is 1000. The molecule has 10 heteroatoms. The van der Waals surface area contributed by atoms with Crippen molar-refractivity contribution >= 4 is 28.5 Å². The molecule has 0 radical (unpaired) electrons. The second-order valence-electron chi connectivity index (χ2n) is 4.75. The van der Waals surface area contributed by atoms with Gasteiger partial charge in [0.2, 0.25) is 0 Å². The topological polar surface area (TPSA) is 144 Å². The van der Waals surface area contributed by atoms with Crippen LogP contribution in [0.2, 0.25) is 0 Å². The highest BCUT2D eigenvalue weighted by Crippen LogP contribution is 2.28. The molecule has 0 aliphatic carbocycles. The average Bonchev–Trinajstić information content (AvgIpc) is 2.81. The Morgan fingerprint density at radius 2 is 2.13 bits per heavy atom. The van der Waals surface area contributed by atoms with Crippen LogP contribution in [0, 0.1) is 17.0 Å². The molecule has 116 valence electrons. The van der Waals surface area contributed by atoms with Crippen molar-refractivity contribution < 1.29 is 4.92 Å². The lowest BCUT2D eigenvalue weighted by atomic mass is 10.3. The molecule has 0 aliphatic rings. The Balaban J connectivity index is 2.08. The summed E-state index contributed by atoms with van der Waals surface area (Å²) in [6, 6.07) is 7.06. The predicted octanol–water partition coefficient (Wildman–Crippen LogP) is 2.24. The number of nitrogens with one attached hydrogen (secondary N) is 1. The van der Waals surface area contributed by atoms with E-state index in [1.165, 1.54) is 28.8 Å². The number of azo groups is 1. The molecule has 0 amide bonds. The minimum Gasteiger partial charge on any atom is -0.380 e. The van der Waals surface area contributed by atoms with Crippen LogP contribution in [0.25, 0.3) is 5.65 Å². The van der Waals surface area contributed by atoms with Gasteiger partial charge in [-0.3, -0.25) is 14.9 Å². The van der Waals surface area contributed by atoms with Gasteiger partial charge in [0.25, 0.3) is 11.2 Å². The SMILES string of the molecule is Cc1cc(=O)[nH]c2c(N=Nc3cccc([N+](=O)[O-])c3)c(N)nn12. The maximum Gasteiger partial charge on any atom is 0.271 e. The molecule has 0 spiro atoms. The summed E-state index contributed by atoms with van der Waals surface area (Å²) >= 11 is 0. The van der Waals surface area contributed by atoms with E-state index in [9.17, 15) is 14.9 Å². The van der Waals surface area contributed by atoms with Crippen LogP contribution in [0.1, 0.15) is 5.69 Å². The molecule has 0 fully saturated rings. The van der Waals surface area contributed by atoms with Crippen LogP contribution in [0.3, 0.4) is 0 Å². The van der Waals surface area contributed by atoms with E-state index in [4.69, 9.17) is 5.73 Å². The largest absolute Gasteiger partial charge is 0.380 e. The summed E-state index contributed by atoms with van der Waals surface area (Å²) in [5.74, 6) is 0.0872. The second kappa shape index (κ2) is 5.33. The van der Waals surface area contributed by atoms with E-state index in [1.54, 1.807) is 13.0 Å². The summed E-state index contributed by atoms with van der Waals surface area (Å²) in [5.41, 5.74) is 6.76. The Morgan fingerprint density at radius 1 is 1.35 bits per heavy atom. The maximum absolute atomic E-state index is 11.6. The molecule has 1 aromatic carbocycles. The van der Waals surface area contributed by atoms with E-state index in [0.717, 1.165) is 0 Å². The molecule has 2 heterocycles. The first-order chi connectivity index (χ1) is 11.0. The number of hydrogen-bond acceptors (Lipinski definition) is 7. The van der Waals surface area contributed by atoms with Gasteiger partial charge in [0.15, 0.2) is 17.2 Å². The number of nitrogens with zero attached hydrogens (tertiary/aromatic N) is 5. The van der Waals surface area contributed by atoms with Gasteiger partial charge in [-0.15, -0.1) is 10.2 Å². The summed E-state index contributed by atoms with van der Waals surface area (Å²) in [5, 5.41) is 22.7. The van der Waals surface area contributed by atoms with Crippen molar-refractivity contribution in [1.29, 1.82) is 0 Å². The zero-order valence-electron chi connectivity index (χ0n) is 11.9. The van der Waals surface area contributed by atoms with E-state index >= 15 is 0 Å². The molecule has 0 saturated heterocycles. The fourth-order valence-corrected chi connectivity index (χ4v) is 2.07.